The quantitative estimate of drug-likeness (QED) is 0.360. The van der Waals surface area contributed by atoms with Gasteiger partial charge in [0.2, 0.25) is 0 Å². The minimum absolute atomic E-state index is 0.220. The number of rotatable bonds is 6. The van der Waals surface area contributed by atoms with Crippen LogP contribution in [0.3, 0.4) is 0 Å². The summed E-state index contributed by atoms with van der Waals surface area (Å²) in [4.78, 5) is 26.0. The van der Waals surface area contributed by atoms with Gasteiger partial charge in [-0.3, -0.25) is 19.1 Å². The molecule has 27 heavy (non-hydrogen) atoms. The fourth-order valence-electron chi connectivity index (χ4n) is 2.95. The molecule has 1 aliphatic rings. The van der Waals surface area contributed by atoms with E-state index < -0.39 is 0 Å². The Hall–Kier alpha value is -2.64. The third-order valence-corrected chi connectivity index (χ3v) is 5.50. The van der Waals surface area contributed by atoms with E-state index in [9.17, 15) is 9.59 Å². The third kappa shape index (κ3) is 3.48. The third-order valence-electron chi connectivity index (χ3n) is 4.24. The van der Waals surface area contributed by atoms with Crippen molar-refractivity contribution in [3.63, 3.8) is 0 Å². The molecule has 0 saturated carbocycles. The van der Waals surface area contributed by atoms with Crippen LogP contribution in [0.15, 0.2) is 60.0 Å². The Labute approximate surface area is 165 Å². The lowest BCUT2D eigenvalue weighted by molar-refractivity contribution is 0.0655. The molecule has 0 N–H and O–H groups in total. The molecule has 0 saturated heterocycles. The molecule has 2 heterocycles. The SMILES string of the molecule is O=C1c2ccccc2C(=O)N1CCCSc1nncn1-c1cccc(Cl)c1. The number of hydrogen-bond donors (Lipinski definition) is 0. The first kappa shape index (κ1) is 17.8. The van der Waals surface area contributed by atoms with E-state index in [1.54, 1.807) is 30.6 Å². The van der Waals surface area contributed by atoms with Crippen molar-refractivity contribution in [1.82, 2.24) is 19.7 Å². The molecule has 8 heteroatoms. The van der Waals surface area contributed by atoms with E-state index in [1.165, 1.54) is 16.7 Å². The van der Waals surface area contributed by atoms with Crippen LogP contribution in [0.4, 0.5) is 0 Å². The summed E-state index contributed by atoms with van der Waals surface area (Å²) >= 11 is 7.57. The van der Waals surface area contributed by atoms with Gasteiger partial charge in [-0.1, -0.05) is 41.6 Å². The standard InChI is InChI=1S/C19H15ClN4O2S/c20-13-5-3-6-14(11-13)24-12-21-22-19(24)27-10-4-9-23-17(25)15-7-1-2-8-16(15)18(23)26/h1-3,5-8,11-12H,4,9-10H2. The van der Waals surface area contributed by atoms with Crippen LogP contribution >= 0.6 is 23.4 Å². The molecular weight excluding hydrogens is 384 g/mol. The van der Waals surface area contributed by atoms with Gasteiger partial charge in [0.05, 0.1) is 16.8 Å². The largest absolute Gasteiger partial charge is 0.277 e. The number of hydrogen-bond acceptors (Lipinski definition) is 5. The van der Waals surface area contributed by atoms with Crippen molar-refractivity contribution in [1.29, 1.82) is 0 Å². The Morgan fingerprint density at radius 1 is 1.00 bits per heavy atom. The number of carbonyl (C=O) groups excluding carboxylic acids is 2. The zero-order chi connectivity index (χ0) is 18.8. The molecule has 0 unspecified atom stereocenters. The summed E-state index contributed by atoms with van der Waals surface area (Å²) in [6.45, 7) is 0.380. The van der Waals surface area contributed by atoms with Crippen LogP contribution in [-0.2, 0) is 0 Å². The maximum atomic E-state index is 12.4. The molecular formula is C19H15ClN4O2S. The maximum absolute atomic E-state index is 12.4. The van der Waals surface area contributed by atoms with Gasteiger partial charge in [0.15, 0.2) is 5.16 Å². The van der Waals surface area contributed by atoms with Crippen LogP contribution in [0.2, 0.25) is 5.02 Å². The Morgan fingerprint density at radius 3 is 2.44 bits per heavy atom. The molecule has 0 spiro atoms. The van der Waals surface area contributed by atoms with Crippen molar-refractivity contribution < 1.29 is 9.59 Å². The first-order valence-corrected chi connectivity index (χ1v) is 9.75. The number of aromatic nitrogens is 3. The van der Waals surface area contributed by atoms with E-state index in [-0.39, 0.29) is 11.8 Å². The van der Waals surface area contributed by atoms with Crippen molar-refractivity contribution >= 4 is 35.2 Å². The topological polar surface area (TPSA) is 68.1 Å². The number of thioether (sulfide) groups is 1. The van der Waals surface area contributed by atoms with Crippen molar-refractivity contribution in [3.05, 3.63) is 71.0 Å². The molecule has 3 aromatic rings. The zero-order valence-corrected chi connectivity index (χ0v) is 15.8. The van der Waals surface area contributed by atoms with Gasteiger partial charge in [0, 0.05) is 17.3 Å². The molecule has 0 atom stereocenters. The molecule has 0 bridgehead atoms. The molecule has 0 aliphatic carbocycles. The van der Waals surface area contributed by atoms with Crippen molar-refractivity contribution in [2.24, 2.45) is 0 Å². The monoisotopic (exact) mass is 398 g/mol. The summed E-state index contributed by atoms with van der Waals surface area (Å²) in [7, 11) is 0. The summed E-state index contributed by atoms with van der Waals surface area (Å²) in [5.41, 5.74) is 1.85. The maximum Gasteiger partial charge on any atom is 0.261 e. The van der Waals surface area contributed by atoms with E-state index in [4.69, 9.17) is 11.6 Å². The zero-order valence-electron chi connectivity index (χ0n) is 14.2. The smallest absolute Gasteiger partial charge is 0.261 e. The van der Waals surface area contributed by atoms with Gasteiger partial charge < -0.3 is 0 Å². The highest BCUT2D eigenvalue weighted by Gasteiger charge is 2.34. The minimum Gasteiger partial charge on any atom is -0.277 e. The highest BCUT2D eigenvalue weighted by atomic mass is 35.5. The Kier molecular flexibility index (Phi) is 4.96. The first-order chi connectivity index (χ1) is 13.1. The van der Waals surface area contributed by atoms with Crippen LogP contribution in [0.1, 0.15) is 27.1 Å². The average molecular weight is 399 g/mol. The molecule has 6 nitrogen and oxygen atoms in total. The minimum atomic E-state index is -0.220. The van der Waals surface area contributed by atoms with Gasteiger partial charge in [-0.15, -0.1) is 10.2 Å². The van der Waals surface area contributed by atoms with E-state index in [1.807, 2.05) is 28.8 Å². The predicted molar refractivity (Wildman–Crippen MR) is 104 cm³/mol. The van der Waals surface area contributed by atoms with E-state index in [0.717, 1.165) is 10.8 Å². The summed E-state index contributed by atoms with van der Waals surface area (Å²) in [6.07, 6.45) is 2.30. The summed E-state index contributed by atoms with van der Waals surface area (Å²) < 4.78 is 1.86. The number of amides is 2. The summed E-state index contributed by atoms with van der Waals surface area (Å²) in [5.74, 6) is 0.262. The van der Waals surface area contributed by atoms with Crippen molar-refractivity contribution in [3.8, 4) is 5.69 Å². The Morgan fingerprint density at radius 2 is 1.74 bits per heavy atom. The fraction of sp³-hybridized carbons (Fsp3) is 0.158. The van der Waals surface area contributed by atoms with Gasteiger partial charge >= 0.3 is 0 Å². The van der Waals surface area contributed by atoms with Crippen LogP contribution in [0.5, 0.6) is 0 Å². The molecule has 2 aromatic carbocycles. The normalized spacial score (nSPS) is 13.3. The number of benzene rings is 2. The van der Waals surface area contributed by atoms with Crippen LogP contribution < -0.4 is 0 Å². The van der Waals surface area contributed by atoms with E-state index in [2.05, 4.69) is 10.2 Å². The Balaban J connectivity index is 1.36. The number of halogens is 1. The number of nitrogens with zero attached hydrogens (tertiary/aromatic N) is 4. The highest BCUT2D eigenvalue weighted by Crippen LogP contribution is 2.25. The molecule has 4 rings (SSSR count). The lowest BCUT2D eigenvalue weighted by Crippen LogP contribution is -2.31. The second-order valence-electron chi connectivity index (χ2n) is 5.97. The second-order valence-corrected chi connectivity index (χ2v) is 7.47. The van der Waals surface area contributed by atoms with Gasteiger partial charge in [-0.2, -0.15) is 0 Å². The van der Waals surface area contributed by atoms with Gasteiger partial charge in [-0.05, 0) is 36.8 Å². The second kappa shape index (κ2) is 7.54. The van der Waals surface area contributed by atoms with Crippen molar-refractivity contribution in [2.75, 3.05) is 12.3 Å². The Bertz CT molecular complexity index is 985. The molecule has 136 valence electrons. The van der Waals surface area contributed by atoms with E-state index in [0.29, 0.717) is 34.9 Å². The highest BCUT2D eigenvalue weighted by molar-refractivity contribution is 7.99. The number of carbonyl (C=O) groups is 2. The van der Waals surface area contributed by atoms with Gasteiger partial charge in [0.1, 0.15) is 6.33 Å². The predicted octanol–water partition coefficient (Wildman–Crippen LogP) is 3.70. The number of fused-ring (bicyclic) bond motifs is 1. The first-order valence-electron chi connectivity index (χ1n) is 8.39. The van der Waals surface area contributed by atoms with Crippen LogP contribution in [0.25, 0.3) is 5.69 Å². The molecule has 0 fully saturated rings. The van der Waals surface area contributed by atoms with Crippen molar-refractivity contribution in [2.45, 2.75) is 11.6 Å². The molecule has 2 amide bonds. The summed E-state index contributed by atoms with van der Waals surface area (Å²) in [6, 6.07) is 14.4. The lowest BCUT2D eigenvalue weighted by Gasteiger charge is -2.13. The molecule has 0 radical (unpaired) electrons. The fourth-order valence-corrected chi connectivity index (χ4v) is 3.99. The van der Waals surface area contributed by atoms with Gasteiger partial charge in [0.25, 0.3) is 11.8 Å². The average Bonchev–Trinajstić information content (AvgIpc) is 3.24. The van der Waals surface area contributed by atoms with E-state index >= 15 is 0 Å². The van der Waals surface area contributed by atoms with Crippen LogP contribution in [-0.4, -0.2) is 43.8 Å². The number of imide groups is 1. The van der Waals surface area contributed by atoms with Crippen LogP contribution in [0, 0.1) is 0 Å². The molecule has 1 aromatic heterocycles. The summed E-state index contributed by atoms with van der Waals surface area (Å²) in [5, 5.41) is 9.48. The van der Waals surface area contributed by atoms with Gasteiger partial charge in [-0.25, -0.2) is 0 Å². The lowest BCUT2D eigenvalue weighted by atomic mass is 10.1. The molecule has 1 aliphatic heterocycles.